The lowest BCUT2D eigenvalue weighted by atomic mass is 10.0. The number of nitrogens with one attached hydrogen (secondary N) is 2. The van der Waals surface area contributed by atoms with Crippen molar-refractivity contribution in [2.24, 2.45) is 5.73 Å². The van der Waals surface area contributed by atoms with Crippen LogP contribution in [-0.4, -0.2) is 11.9 Å². The van der Waals surface area contributed by atoms with E-state index >= 15 is 0 Å². The number of imide groups is 1. The summed E-state index contributed by atoms with van der Waals surface area (Å²) in [4.78, 5) is 22.4. The van der Waals surface area contributed by atoms with Crippen LogP contribution in [-0.2, 0) is 11.3 Å². The van der Waals surface area contributed by atoms with E-state index in [-0.39, 0.29) is 5.91 Å². The summed E-state index contributed by atoms with van der Waals surface area (Å²) in [7, 11) is 0. The molecule has 1 aliphatic rings. The topological polar surface area (TPSA) is 84.2 Å². The molecule has 1 fully saturated rings. The maximum Gasteiger partial charge on any atom is 0.322 e. The van der Waals surface area contributed by atoms with Crippen molar-refractivity contribution in [3.05, 3.63) is 34.9 Å². The summed E-state index contributed by atoms with van der Waals surface area (Å²) in [6, 6.07) is 4.53. The fraction of sp³-hybridized carbons (Fsp3) is 0.273. The molecule has 1 atom stereocenters. The molecule has 0 radical (unpaired) electrons. The number of amides is 3. The summed E-state index contributed by atoms with van der Waals surface area (Å²) in [6.07, 6.45) is 0. The highest BCUT2D eigenvalue weighted by molar-refractivity contribution is 6.04. The first-order valence-electron chi connectivity index (χ1n) is 5.02. The van der Waals surface area contributed by atoms with Crippen molar-refractivity contribution in [2.75, 3.05) is 0 Å². The summed E-state index contributed by atoms with van der Waals surface area (Å²) >= 11 is 0. The van der Waals surface area contributed by atoms with E-state index in [4.69, 9.17) is 5.73 Å². The Balaban J connectivity index is 2.31. The van der Waals surface area contributed by atoms with E-state index in [1.807, 2.05) is 25.1 Å². The highest BCUT2D eigenvalue weighted by atomic mass is 16.2. The van der Waals surface area contributed by atoms with E-state index in [0.717, 1.165) is 16.7 Å². The number of urea groups is 1. The number of hydrogen-bond acceptors (Lipinski definition) is 3. The van der Waals surface area contributed by atoms with Crippen LogP contribution in [0.3, 0.4) is 0 Å². The minimum absolute atomic E-state index is 0.315. The summed E-state index contributed by atoms with van der Waals surface area (Å²) in [5.74, 6) is -0.315. The van der Waals surface area contributed by atoms with E-state index in [1.54, 1.807) is 0 Å². The number of nitrogens with two attached hydrogens (primary N) is 1. The molecule has 3 amide bonds. The minimum Gasteiger partial charge on any atom is -0.326 e. The number of hydrogen-bond donors (Lipinski definition) is 3. The van der Waals surface area contributed by atoms with Gasteiger partial charge in [0.2, 0.25) is 0 Å². The van der Waals surface area contributed by atoms with E-state index in [1.165, 1.54) is 0 Å². The van der Waals surface area contributed by atoms with Crippen molar-refractivity contribution in [3.8, 4) is 0 Å². The zero-order valence-electron chi connectivity index (χ0n) is 8.91. The number of benzene rings is 1. The molecular weight excluding hydrogens is 206 g/mol. The molecule has 1 aromatic carbocycles. The monoisotopic (exact) mass is 219 g/mol. The van der Waals surface area contributed by atoms with Gasteiger partial charge in [-0.25, -0.2) is 4.79 Å². The lowest BCUT2D eigenvalue weighted by Crippen LogP contribution is -2.22. The summed E-state index contributed by atoms with van der Waals surface area (Å²) < 4.78 is 0. The average Bonchev–Trinajstić information content (AvgIpc) is 2.58. The van der Waals surface area contributed by atoms with Gasteiger partial charge in [-0.1, -0.05) is 18.2 Å². The molecule has 0 aliphatic carbocycles. The van der Waals surface area contributed by atoms with Crippen LogP contribution in [0, 0.1) is 6.92 Å². The molecule has 5 nitrogen and oxygen atoms in total. The van der Waals surface area contributed by atoms with Gasteiger partial charge in [-0.3, -0.25) is 10.1 Å². The molecule has 1 saturated heterocycles. The number of carbonyl (C=O) groups is 2. The zero-order chi connectivity index (χ0) is 11.7. The molecule has 1 heterocycles. The van der Waals surface area contributed by atoms with Crippen LogP contribution in [0.1, 0.15) is 22.7 Å². The Labute approximate surface area is 93.0 Å². The minimum atomic E-state index is -0.585. The normalized spacial score (nSPS) is 19.5. The fourth-order valence-electron chi connectivity index (χ4n) is 1.78. The second kappa shape index (κ2) is 3.94. The Bertz CT molecular complexity index is 457. The maximum absolute atomic E-state index is 11.4. The summed E-state index contributed by atoms with van der Waals surface area (Å²) in [5, 5.41) is 4.75. The Morgan fingerprint density at radius 2 is 2.12 bits per heavy atom. The van der Waals surface area contributed by atoms with Crippen molar-refractivity contribution in [1.82, 2.24) is 10.6 Å². The highest BCUT2D eigenvalue weighted by Gasteiger charge is 2.30. The van der Waals surface area contributed by atoms with Crippen molar-refractivity contribution in [2.45, 2.75) is 19.5 Å². The van der Waals surface area contributed by atoms with E-state index in [2.05, 4.69) is 10.6 Å². The van der Waals surface area contributed by atoms with E-state index in [9.17, 15) is 9.59 Å². The molecular formula is C11H13N3O2. The van der Waals surface area contributed by atoms with Crippen molar-refractivity contribution in [1.29, 1.82) is 0 Å². The van der Waals surface area contributed by atoms with Crippen LogP contribution in [0.15, 0.2) is 18.2 Å². The number of rotatable bonds is 2. The van der Waals surface area contributed by atoms with E-state index < -0.39 is 12.1 Å². The second-order valence-electron chi connectivity index (χ2n) is 3.79. The third kappa shape index (κ3) is 1.77. The Morgan fingerprint density at radius 3 is 2.62 bits per heavy atom. The van der Waals surface area contributed by atoms with Crippen LogP contribution in [0.5, 0.6) is 0 Å². The first-order chi connectivity index (χ1) is 7.61. The van der Waals surface area contributed by atoms with Gasteiger partial charge in [0.25, 0.3) is 5.91 Å². The Hall–Kier alpha value is -1.88. The molecule has 84 valence electrons. The molecule has 1 aliphatic heterocycles. The molecule has 5 heteroatoms. The molecule has 0 spiro atoms. The van der Waals surface area contributed by atoms with Gasteiger partial charge in [0.15, 0.2) is 0 Å². The van der Waals surface area contributed by atoms with Gasteiger partial charge in [-0.2, -0.15) is 0 Å². The largest absolute Gasteiger partial charge is 0.326 e. The second-order valence-corrected chi connectivity index (χ2v) is 3.79. The number of carbonyl (C=O) groups excluding carboxylic acids is 2. The lowest BCUT2D eigenvalue weighted by molar-refractivity contribution is -0.120. The van der Waals surface area contributed by atoms with Crippen LogP contribution >= 0.6 is 0 Å². The van der Waals surface area contributed by atoms with Gasteiger partial charge in [-0.05, 0) is 23.6 Å². The Kier molecular flexibility index (Phi) is 2.62. The average molecular weight is 219 g/mol. The molecule has 2 rings (SSSR count). The molecule has 0 saturated carbocycles. The molecule has 1 unspecified atom stereocenters. The van der Waals surface area contributed by atoms with Crippen LogP contribution in [0.4, 0.5) is 4.79 Å². The van der Waals surface area contributed by atoms with Crippen molar-refractivity contribution < 1.29 is 9.59 Å². The molecule has 4 N–H and O–H groups in total. The standard InChI is InChI=1S/C11H13N3O2/c1-6-4-7(2-3-8(6)5-12)9-10(15)14-11(16)13-9/h2-4,9H,5,12H2,1H3,(H2,13,14,15,16). The van der Waals surface area contributed by atoms with Gasteiger partial charge in [-0.15, -0.1) is 0 Å². The van der Waals surface area contributed by atoms with Gasteiger partial charge in [0, 0.05) is 6.54 Å². The van der Waals surface area contributed by atoms with Gasteiger partial charge in [0.1, 0.15) is 6.04 Å². The fourth-order valence-corrected chi connectivity index (χ4v) is 1.78. The van der Waals surface area contributed by atoms with Crippen molar-refractivity contribution in [3.63, 3.8) is 0 Å². The van der Waals surface area contributed by atoms with E-state index in [0.29, 0.717) is 6.54 Å². The summed E-state index contributed by atoms with van der Waals surface area (Å²) in [5.41, 5.74) is 8.39. The molecule has 16 heavy (non-hydrogen) atoms. The maximum atomic E-state index is 11.4. The SMILES string of the molecule is Cc1cc(C2NC(=O)NC2=O)ccc1CN. The predicted molar refractivity (Wildman–Crippen MR) is 58.5 cm³/mol. The van der Waals surface area contributed by atoms with Crippen molar-refractivity contribution >= 4 is 11.9 Å². The predicted octanol–water partition coefficient (Wildman–Crippen LogP) is 0.334. The smallest absolute Gasteiger partial charge is 0.322 e. The van der Waals surface area contributed by atoms with Gasteiger partial charge >= 0.3 is 6.03 Å². The van der Waals surface area contributed by atoms with Crippen LogP contribution in [0.2, 0.25) is 0 Å². The third-order valence-electron chi connectivity index (χ3n) is 2.69. The highest BCUT2D eigenvalue weighted by Crippen LogP contribution is 2.19. The lowest BCUT2D eigenvalue weighted by Gasteiger charge is -2.10. The zero-order valence-corrected chi connectivity index (χ0v) is 8.91. The quantitative estimate of drug-likeness (QED) is 0.627. The summed E-state index contributed by atoms with van der Waals surface area (Å²) in [6.45, 7) is 2.40. The first kappa shape index (κ1) is 10.6. The molecule has 0 bridgehead atoms. The van der Waals surface area contributed by atoms with Gasteiger partial charge < -0.3 is 11.1 Å². The molecule has 1 aromatic rings. The number of aryl methyl sites for hydroxylation is 1. The van der Waals surface area contributed by atoms with Crippen LogP contribution < -0.4 is 16.4 Å². The molecule has 0 aromatic heterocycles. The van der Waals surface area contributed by atoms with Gasteiger partial charge in [0.05, 0.1) is 0 Å². The van der Waals surface area contributed by atoms with Crippen LogP contribution in [0.25, 0.3) is 0 Å². The first-order valence-corrected chi connectivity index (χ1v) is 5.02. The Morgan fingerprint density at radius 1 is 1.38 bits per heavy atom. The third-order valence-corrected chi connectivity index (χ3v) is 2.69.